The Morgan fingerprint density at radius 1 is 1.35 bits per heavy atom. The van der Waals surface area contributed by atoms with Gasteiger partial charge in [0.2, 0.25) is 0 Å². The smallest absolute Gasteiger partial charge is 0.266 e. The van der Waals surface area contributed by atoms with E-state index in [1.165, 1.54) is 25.3 Å². The molecule has 0 radical (unpaired) electrons. The van der Waals surface area contributed by atoms with Crippen LogP contribution in [0, 0.1) is 21.4 Å². The highest BCUT2D eigenvalue weighted by Crippen LogP contribution is 2.28. The van der Waals surface area contributed by atoms with Crippen LogP contribution in [0.2, 0.25) is 5.02 Å². The maximum Gasteiger partial charge on any atom is 0.266 e. The highest BCUT2D eigenvalue weighted by molar-refractivity contribution is 6.32. The Bertz CT molecular complexity index is 950. The van der Waals surface area contributed by atoms with Gasteiger partial charge in [0, 0.05) is 11.8 Å². The molecule has 0 aliphatic rings. The summed E-state index contributed by atoms with van der Waals surface area (Å²) in [6.07, 6.45) is 1.15. The molecule has 26 heavy (non-hydrogen) atoms. The summed E-state index contributed by atoms with van der Waals surface area (Å²) in [6.45, 7) is 0. The van der Waals surface area contributed by atoms with E-state index in [-0.39, 0.29) is 16.2 Å². The lowest BCUT2D eigenvalue weighted by molar-refractivity contribution is -0.398. The van der Waals surface area contributed by atoms with E-state index >= 15 is 0 Å². The summed E-state index contributed by atoms with van der Waals surface area (Å²) in [5.41, 5.74) is -0.429. The lowest BCUT2D eigenvalue weighted by Crippen LogP contribution is -2.13. The molecule has 2 rings (SSSR count). The van der Waals surface area contributed by atoms with E-state index in [4.69, 9.17) is 16.3 Å². The van der Waals surface area contributed by atoms with Crippen LogP contribution in [0.5, 0.6) is 11.5 Å². The van der Waals surface area contributed by atoms with Crippen molar-refractivity contribution in [3.05, 3.63) is 62.7 Å². The molecule has 0 bridgehead atoms. The van der Waals surface area contributed by atoms with Gasteiger partial charge in [0.15, 0.2) is 0 Å². The summed E-state index contributed by atoms with van der Waals surface area (Å²) in [4.78, 5) is 22.2. The molecule has 132 valence electrons. The fraction of sp³-hybridized carbons (Fsp3) is 0.0588. The molecule has 1 amide bonds. The second-order valence-corrected chi connectivity index (χ2v) is 5.36. The number of nitrogens with zero attached hydrogens (tertiary/aromatic N) is 2. The lowest BCUT2D eigenvalue weighted by Gasteiger charge is -2.08. The third-order valence-electron chi connectivity index (χ3n) is 3.27. The molecule has 9 heteroatoms. The quantitative estimate of drug-likeness (QED) is 0.372. The van der Waals surface area contributed by atoms with E-state index in [9.17, 15) is 25.3 Å². The Balaban J connectivity index is 2.27. The van der Waals surface area contributed by atoms with Crippen LogP contribution in [0.4, 0.5) is 11.4 Å². The third kappa shape index (κ3) is 4.28. The molecule has 0 saturated carbocycles. The van der Waals surface area contributed by atoms with E-state index < -0.39 is 22.3 Å². The zero-order valence-corrected chi connectivity index (χ0v) is 14.1. The van der Waals surface area contributed by atoms with Crippen molar-refractivity contribution in [2.45, 2.75) is 0 Å². The molecule has 2 aromatic rings. The topological polar surface area (TPSA) is 128 Å². The molecular formula is C17H11ClN3O5-. The second-order valence-electron chi connectivity index (χ2n) is 4.96. The predicted octanol–water partition coefficient (Wildman–Crippen LogP) is 2.88. The number of nitro groups is 1. The number of hydrogen-bond donors (Lipinski definition) is 1. The summed E-state index contributed by atoms with van der Waals surface area (Å²) in [5.74, 6) is -1.07. The van der Waals surface area contributed by atoms with Crippen molar-refractivity contribution in [2.24, 2.45) is 0 Å². The molecule has 0 unspecified atom stereocenters. The number of amides is 1. The van der Waals surface area contributed by atoms with Gasteiger partial charge >= 0.3 is 0 Å². The van der Waals surface area contributed by atoms with E-state index in [1.807, 2.05) is 0 Å². The van der Waals surface area contributed by atoms with Crippen LogP contribution in [-0.4, -0.2) is 17.9 Å². The van der Waals surface area contributed by atoms with Crippen molar-refractivity contribution in [3.8, 4) is 17.6 Å². The van der Waals surface area contributed by atoms with Crippen molar-refractivity contribution in [1.82, 2.24) is 0 Å². The largest absolute Gasteiger partial charge is 0.868 e. The Kier molecular flexibility index (Phi) is 5.78. The predicted molar refractivity (Wildman–Crippen MR) is 92.8 cm³/mol. The number of halogens is 1. The number of anilines is 1. The van der Waals surface area contributed by atoms with Gasteiger partial charge in [-0.2, -0.15) is 5.26 Å². The first kappa shape index (κ1) is 18.8. The molecule has 1 N–H and O–H groups in total. The summed E-state index contributed by atoms with van der Waals surface area (Å²) < 4.78 is 5.00. The number of nitriles is 1. The Morgan fingerprint density at radius 2 is 2.08 bits per heavy atom. The first-order valence-corrected chi connectivity index (χ1v) is 7.45. The molecule has 0 aromatic heterocycles. The highest BCUT2D eigenvalue weighted by Gasteiger charge is 2.13. The minimum atomic E-state index is -0.828. The zero-order valence-electron chi connectivity index (χ0n) is 13.4. The minimum Gasteiger partial charge on any atom is -0.868 e. The summed E-state index contributed by atoms with van der Waals surface area (Å²) in [7, 11) is 1.45. The van der Waals surface area contributed by atoms with Gasteiger partial charge in [-0.05, 0) is 35.6 Å². The Hall–Kier alpha value is -3.57. The van der Waals surface area contributed by atoms with Crippen LogP contribution in [0.1, 0.15) is 5.56 Å². The SMILES string of the molecule is COc1ccc(NC(=O)/C(C#N)=C/c2ccc([O-])c([N+](=O)[O-])c2)cc1Cl. The zero-order chi connectivity index (χ0) is 19.3. The van der Waals surface area contributed by atoms with E-state index in [2.05, 4.69) is 5.32 Å². The van der Waals surface area contributed by atoms with Gasteiger partial charge in [0.25, 0.3) is 11.6 Å². The van der Waals surface area contributed by atoms with Crippen LogP contribution in [-0.2, 0) is 4.79 Å². The molecule has 2 aromatic carbocycles. The summed E-state index contributed by atoms with van der Waals surface area (Å²) in [6, 6.07) is 9.52. The number of hydrogen-bond acceptors (Lipinski definition) is 6. The van der Waals surface area contributed by atoms with Crippen molar-refractivity contribution in [2.75, 3.05) is 12.4 Å². The molecule has 0 aliphatic carbocycles. The normalized spacial score (nSPS) is 10.7. The monoisotopic (exact) mass is 372 g/mol. The number of rotatable bonds is 5. The number of ether oxygens (including phenoxy) is 1. The van der Waals surface area contributed by atoms with Crippen molar-refractivity contribution in [1.29, 1.82) is 5.26 Å². The highest BCUT2D eigenvalue weighted by atomic mass is 35.5. The van der Waals surface area contributed by atoms with Gasteiger partial charge in [-0.1, -0.05) is 23.7 Å². The molecule has 0 atom stereocenters. The van der Waals surface area contributed by atoms with Crippen LogP contribution in [0.3, 0.4) is 0 Å². The lowest BCUT2D eigenvalue weighted by atomic mass is 10.1. The van der Waals surface area contributed by atoms with Gasteiger partial charge in [-0.3, -0.25) is 14.9 Å². The number of nitrogens with one attached hydrogen (secondary N) is 1. The standard InChI is InChI=1S/C17H12ClN3O5/c1-26-16-5-3-12(8-13(16)18)20-17(23)11(9-19)6-10-2-4-15(22)14(7-10)21(24)25/h2-8,22H,1H3,(H,20,23)/p-1/b11-6+. The van der Waals surface area contributed by atoms with Gasteiger partial charge in [0.05, 0.1) is 17.1 Å². The molecule has 0 spiro atoms. The number of nitro benzene ring substituents is 1. The van der Waals surface area contributed by atoms with Crippen molar-refractivity contribution in [3.63, 3.8) is 0 Å². The molecule has 0 saturated heterocycles. The minimum absolute atomic E-state index is 0.177. The number of carbonyl (C=O) groups excluding carboxylic acids is 1. The van der Waals surface area contributed by atoms with E-state index in [0.717, 1.165) is 18.2 Å². The van der Waals surface area contributed by atoms with Crippen LogP contribution < -0.4 is 15.2 Å². The van der Waals surface area contributed by atoms with Crippen LogP contribution in [0.15, 0.2) is 42.0 Å². The van der Waals surface area contributed by atoms with Gasteiger partial charge < -0.3 is 15.2 Å². The maximum absolute atomic E-state index is 12.2. The number of methoxy groups -OCH3 is 1. The first-order chi connectivity index (χ1) is 12.3. The van der Waals surface area contributed by atoms with Crippen molar-refractivity contribution < 1.29 is 19.6 Å². The molecule has 0 fully saturated rings. The van der Waals surface area contributed by atoms with Gasteiger partial charge in [-0.25, -0.2) is 0 Å². The average molecular weight is 373 g/mol. The maximum atomic E-state index is 12.2. The van der Waals surface area contributed by atoms with E-state index in [0.29, 0.717) is 11.4 Å². The fourth-order valence-electron chi connectivity index (χ4n) is 2.02. The molecular weight excluding hydrogens is 362 g/mol. The third-order valence-corrected chi connectivity index (χ3v) is 3.56. The van der Waals surface area contributed by atoms with Crippen LogP contribution in [0.25, 0.3) is 6.08 Å². The molecule has 0 heterocycles. The second kappa shape index (κ2) is 8.00. The van der Waals surface area contributed by atoms with Crippen LogP contribution >= 0.6 is 11.6 Å². The molecule has 0 aliphatic heterocycles. The molecule has 8 nitrogen and oxygen atoms in total. The van der Waals surface area contributed by atoms with Gasteiger partial charge in [-0.15, -0.1) is 0 Å². The fourth-order valence-corrected chi connectivity index (χ4v) is 2.28. The summed E-state index contributed by atoms with van der Waals surface area (Å²) in [5, 5.41) is 34.2. The summed E-state index contributed by atoms with van der Waals surface area (Å²) >= 11 is 5.97. The average Bonchev–Trinajstić information content (AvgIpc) is 2.60. The number of carbonyl (C=O) groups is 1. The van der Waals surface area contributed by atoms with E-state index in [1.54, 1.807) is 12.1 Å². The first-order valence-electron chi connectivity index (χ1n) is 7.08. The number of benzene rings is 2. The van der Waals surface area contributed by atoms with Gasteiger partial charge in [0.1, 0.15) is 17.4 Å². The Morgan fingerprint density at radius 3 is 2.65 bits per heavy atom. The Labute approximate surface area is 153 Å². The van der Waals surface area contributed by atoms with Crippen molar-refractivity contribution >= 4 is 35.0 Å².